The molecule has 0 radical (unpaired) electrons. The second kappa shape index (κ2) is 9.02. The number of rotatable bonds is 8. The van der Waals surface area contributed by atoms with Crippen LogP contribution in [-0.2, 0) is 16.4 Å². The van der Waals surface area contributed by atoms with Gasteiger partial charge in [0.25, 0.3) is 5.91 Å². The van der Waals surface area contributed by atoms with E-state index in [4.69, 9.17) is 16.3 Å². The Morgan fingerprint density at radius 1 is 1.12 bits per heavy atom. The first-order chi connectivity index (χ1) is 12.4. The lowest BCUT2D eigenvalue weighted by Gasteiger charge is -2.11. The molecule has 1 amide bonds. The molecule has 140 valence electrons. The summed E-state index contributed by atoms with van der Waals surface area (Å²) in [7, 11) is -2.16. The topological polar surface area (TPSA) is 84.5 Å². The first kappa shape index (κ1) is 20.2. The molecule has 0 bridgehead atoms. The van der Waals surface area contributed by atoms with Gasteiger partial charge in [0.2, 0.25) is 10.0 Å². The number of aryl methyl sites for hydroxylation is 1. The third kappa shape index (κ3) is 5.20. The highest BCUT2D eigenvalue weighted by molar-refractivity contribution is 7.89. The molecule has 2 aromatic rings. The largest absolute Gasteiger partial charge is 0.496 e. The molecule has 2 N–H and O–H groups in total. The number of halogens is 1. The van der Waals surface area contributed by atoms with Crippen LogP contribution in [0.3, 0.4) is 0 Å². The van der Waals surface area contributed by atoms with Gasteiger partial charge in [0.05, 0.1) is 17.6 Å². The SMILES string of the molecule is CCc1ccc(S(=O)(=O)NCCNC(=O)c2cc(Cl)ccc2OC)cc1. The lowest BCUT2D eigenvalue weighted by molar-refractivity contribution is 0.0951. The molecule has 0 heterocycles. The number of sulfonamides is 1. The van der Waals surface area contributed by atoms with Gasteiger partial charge in [-0.3, -0.25) is 4.79 Å². The Bertz CT molecular complexity index is 867. The van der Waals surface area contributed by atoms with Gasteiger partial charge >= 0.3 is 0 Å². The molecule has 0 atom stereocenters. The fourth-order valence-corrected chi connectivity index (χ4v) is 3.51. The van der Waals surface area contributed by atoms with Crippen molar-refractivity contribution < 1.29 is 17.9 Å². The van der Waals surface area contributed by atoms with Crippen molar-refractivity contribution in [2.24, 2.45) is 0 Å². The van der Waals surface area contributed by atoms with E-state index < -0.39 is 15.9 Å². The van der Waals surface area contributed by atoms with Gasteiger partial charge in [-0.2, -0.15) is 0 Å². The molecule has 0 unspecified atom stereocenters. The molecule has 0 spiro atoms. The van der Waals surface area contributed by atoms with E-state index in [1.165, 1.54) is 13.2 Å². The summed E-state index contributed by atoms with van der Waals surface area (Å²) < 4.78 is 32.0. The molecule has 0 aliphatic heterocycles. The van der Waals surface area contributed by atoms with Crippen LogP contribution >= 0.6 is 11.6 Å². The summed E-state index contributed by atoms with van der Waals surface area (Å²) in [5.41, 5.74) is 1.35. The van der Waals surface area contributed by atoms with E-state index in [1.807, 2.05) is 6.92 Å². The van der Waals surface area contributed by atoms with Crippen LogP contribution < -0.4 is 14.8 Å². The highest BCUT2D eigenvalue weighted by atomic mass is 35.5. The molecule has 26 heavy (non-hydrogen) atoms. The summed E-state index contributed by atoms with van der Waals surface area (Å²) in [5.74, 6) is -0.000610. The second-order valence-electron chi connectivity index (χ2n) is 5.50. The van der Waals surface area contributed by atoms with Crippen molar-refractivity contribution in [3.63, 3.8) is 0 Å². The zero-order valence-corrected chi connectivity index (χ0v) is 16.2. The number of hydrogen-bond donors (Lipinski definition) is 2. The Morgan fingerprint density at radius 2 is 1.81 bits per heavy atom. The van der Waals surface area contributed by atoms with Gasteiger partial charge in [0, 0.05) is 18.1 Å². The predicted molar refractivity (Wildman–Crippen MR) is 101 cm³/mol. The molecular formula is C18H21ClN2O4S. The van der Waals surface area contributed by atoms with Crippen LogP contribution in [0.2, 0.25) is 5.02 Å². The van der Waals surface area contributed by atoms with Gasteiger partial charge < -0.3 is 10.1 Å². The minimum Gasteiger partial charge on any atom is -0.496 e. The molecule has 0 aromatic heterocycles. The summed E-state index contributed by atoms with van der Waals surface area (Å²) in [6.07, 6.45) is 0.840. The maximum absolute atomic E-state index is 12.2. The van der Waals surface area contributed by atoms with E-state index >= 15 is 0 Å². The summed E-state index contributed by atoms with van der Waals surface area (Å²) in [5, 5.41) is 3.05. The number of methoxy groups -OCH3 is 1. The van der Waals surface area contributed by atoms with E-state index in [9.17, 15) is 13.2 Å². The number of amides is 1. The van der Waals surface area contributed by atoms with Crippen molar-refractivity contribution in [2.45, 2.75) is 18.2 Å². The van der Waals surface area contributed by atoms with E-state index in [2.05, 4.69) is 10.0 Å². The van der Waals surface area contributed by atoms with Gasteiger partial charge in [-0.15, -0.1) is 0 Å². The van der Waals surface area contributed by atoms with Gasteiger partial charge in [-0.25, -0.2) is 13.1 Å². The molecule has 0 aliphatic rings. The zero-order chi connectivity index (χ0) is 19.2. The fourth-order valence-electron chi connectivity index (χ4n) is 2.30. The van der Waals surface area contributed by atoms with Crippen LogP contribution in [0.5, 0.6) is 5.75 Å². The highest BCUT2D eigenvalue weighted by Gasteiger charge is 2.15. The summed E-state index contributed by atoms with van der Waals surface area (Å²) in [4.78, 5) is 12.4. The molecule has 0 fully saturated rings. The average molecular weight is 397 g/mol. The van der Waals surface area contributed by atoms with E-state index in [1.54, 1.807) is 36.4 Å². The lowest BCUT2D eigenvalue weighted by atomic mass is 10.2. The Morgan fingerprint density at radius 3 is 2.42 bits per heavy atom. The third-order valence-corrected chi connectivity index (χ3v) is 5.46. The number of hydrogen-bond acceptors (Lipinski definition) is 4. The van der Waals surface area contributed by atoms with Gasteiger partial charge in [0.15, 0.2) is 0 Å². The Balaban J connectivity index is 1.91. The zero-order valence-electron chi connectivity index (χ0n) is 14.6. The van der Waals surface area contributed by atoms with Crippen LogP contribution in [0.1, 0.15) is 22.8 Å². The van der Waals surface area contributed by atoms with Crippen LogP contribution in [-0.4, -0.2) is 34.5 Å². The van der Waals surface area contributed by atoms with Crippen LogP contribution in [0.4, 0.5) is 0 Å². The summed E-state index contributed by atoms with van der Waals surface area (Å²) in [6.45, 7) is 2.19. The minimum atomic E-state index is -3.61. The molecule has 0 saturated carbocycles. The van der Waals surface area contributed by atoms with Crippen molar-refractivity contribution in [1.29, 1.82) is 0 Å². The van der Waals surface area contributed by atoms with Gasteiger partial charge in [0.1, 0.15) is 5.75 Å². The molecule has 8 heteroatoms. The molecule has 0 aliphatic carbocycles. The smallest absolute Gasteiger partial charge is 0.255 e. The second-order valence-corrected chi connectivity index (χ2v) is 7.70. The number of carbonyl (C=O) groups excluding carboxylic acids is 1. The van der Waals surface area contributed by atoms with Crippen molar-refractivity contribution in [1.82, 2.24) is 10.0 Å². The standard InChI is InChI=1S/C18H21ClN2O4S/c1-3-13-4-7-15(8-5-13)26(23,24)21-11-10-20-18(22)16-12-14(19)6-9-17(16)25-2/h4-9,12,21H,3,10-11H2,1-2H3,(H,20,22). The molecular weight excluding hydrogens is 376 g/mol. The van der Waals surface area contributed by atoms with Crippen molar-refractivity contribution >= 4 is 27.5 Å². The van der Waals surface area contributed by atoms with Crippen LogP contribution in [0.25, 0.3) is 0 Å². The quantitative estimate of drug-likeness (QED) is 0.672. The monoisotopic (exact) mass is 396 g/mol. The van der Waals surface area contributed by atoms with Gasteiger partial charge in [-0.1, -0.05) is 30.7 Å². The molecule has 6 nitrogen and oxygen atoms in total. The van der Waals surface area contributed by atoms with E-state index in [0.717, 1.165) is 12.0 Å². The number of nitrogens with one attached hydrogen (secondary N) is 2. The minimum absolute atomic E-state index is 0.0620. The lowest BCUT2D eigenvalue weighted by Crippen LogP contribution is -2.34. The average Bonchev–Trinajstić information content (AvgIpc) is 2.65. The number of ether oxygens (including phenoxy) is 1. The summed E-state index contributed by atoms with van der Waals surface area (Å²) in [6, 6.07) is 11.4. The number of carbonyl (C=O) groups is 1. The van der Waals surface area contributed by atoms with Crippen LogP contribution in [0, 0.1) is 0 Å². The van der Waals surface area contributed by atoms with Crippen molar-refractivity contribution in [3.8, 4) is 5.75 Å². The first-order valence-electron chi connectivity index (χ1n) is 8.07. The maximum atomic E-state index is 12.2. The predicted octanol–water partition coefficient (Wildman–Crippen LogP) is 2.62. The fraction of sp³-hybridized carbons (Fsp3) is 0.278. The van der Waals surface area contributed by atoms with Crippen molar-refractivity contribution in [2.75, 3.05) is 20.2 Å². The Hall–Kier alpha value is -2.09. The Labute approximate surface area is 158 Å². The van der Waals surface area contributed by atoms with E-state index in [0.29, 0.717) is 10.8 Å². The third-order valence-electron chi connectivity index (χ3n) is 3.75. The van der Waals surface area contributed by atoms with E-state index in [-0.39, 0.29) is 23.5 Å². The molecule has 2 rings (SSSR count). The molecule has 0 saturated heterocycles. The normalized spacial score (nSPS) is 11.2. The highest BCUT2D eigenvalue weighted by Crippen LogP contribution is 2.22. The maximum Gasteiger partial charge on any atom is 0.255 e. The summed E-state index contributed by atoms with van der Waals surface area (Å²) >= 11 is 5.90. The van der Waals surface area contributed by atoms with Gasteiger partial charge in [-0.05, 0) is 42.3 Å². The van der Waals surface area contributed by atoms with Crippen molar-refractivity contribution in [3.05, 3.63) is 58.6 Å². The first-order valence-corrected chi connectivity index (χ1v) is 9.94. The number of benzene rings is 2. The van der Waals surface area contributed by atoms with Crippen LogP contribution in [0.15, 0.2) is 47.4 Å². The molecule has 2 aromatic carbocycles. The Kier molecular flexibility index (Phi) is 7.02.